The molecule has 2 amide bonds. The molecule has 0 saturated heterocycles. The molecule has 0 fully saturated rings. The Morgan fingerprint density at radius 2 is 1.62 bits per heavy atom. The van der Waals surface area contributed by atoms with Crippen molar-refractivity contribution in [3.8, 4) is 11.1 Å². The smallest absolute Gasteiger partial charge is 0.407 e. The van der Waals surface area contributed by atoms with E-state index >= 15 is 0 Å². The Balaban J connectivity index is 1.47. The van der Waals surface area contributed by atoms with Crippen molar-refractivity contribution in [2.75, 3.05) is 13.2 Å². The normalized spacial score (nSPS) is 14.1. The molecule has 2 aromatic rings. The lowest BCUT2D eigenvalue weighted by atomic mass is 9.98. The molecule has 2 atom stereocenters. The maximum Gasteiger partial charge on any atom is 0.407 e. The maximum atomic E-state index is 12.3. The van der Waals surface area contributed by atoms with Gasteiger partial charge in [0.05, 0.1) is 0 Å². The molecule has 1 aliphatic carbocycles. The van der Waals surface area contributed by atoms with Crippen LogP contribution in [0.1, 0.15) is 50.2 Å². The Bertz CT molecular complexity index is 929. The van der Waals surface area contributed by atoms with Gasteiger partial charge in [0.1, 0.15) is 12.6 Å². The fraction of sp³-hybridized carbons (Fsp3) is 0.400. The van der Waals surface area contributed by atoms with Crippen molar-refractivity contribution in [1.29, 1.82) is 0 Å². The minimum atomic E-state index is -1.04. The summed E-state index contributed by atoms with van der Waals surface area (Å²) in [7, 11) is 0. The van der Waals surface area contributed by atoms with Gasteiger partial charge in [-0.1, -0.05) is 68.8 Å². The molecular formula is C25H30N2O5. The van der Waals surface area contributed by atoms with Crippen LogP contribution in [0.3, 0.4) is 0 Å². The highest BCUT2D eigenvalue weighted by Crippen LogP contribution is 2.44. The second kappa shape index (κ2) is 10.8. The number of nitrogens with one attached hydrogen (secondary N) is 2. The zero-order valence-corrected chi connectivity index (χ0v) is 18.5. The summed E-state index contributed by atoms with van der Waals surface area (Å²) in [6, 6.07) is 15.4. The summed E-state index contributed by atoms with van der Waals surface area (Å²) in [4.78, 5) is 35.5. The third kappa shape index (κ3) is 5.66. The van der Waals surface area contributed by atoms with E-state index in [1.807, 2.05) is 38.1 Å². The topological polar surface area (TPSA) is 105 Å². The zero-order chi connectivity index (χ0) is 23.1. The number of aliphatic carboxylic acids is 1. The van der Waals surface area contributed by atoms with Crippen LogP contribution in [0.4, 0.5) is 4.79 Å². The molecule has 0 heterocycles. The van der Waals surface area contributed by atoms with E-state index in [4.69, 9.17) is 9.84 Å². The monoisotopic (exact) mass is 438 g/mol. The molecule has 0 radical (unpaired) electrons. The Kier molecular flexibility index (Phi) is 7.87. The quantitative estimate of drug-likeness (QED) is 0.521. The molecular weight excluding hydrogens is 408 g/mol. The fourth-order valence-electron chi connectivity index (χ4n) is 4.09. The van der Waals surface area contributed by atoms with Gasteiger partial charge in [0.15, 0.2) is 0 Å². The molecule has 1 unspecified atom stereocenters. The van der Waals surface area contributed by atoms with Crippen LogP contribution < -0.4 is 10.6 Å². The van der Waals surface area contributed by atoms with Gasteiger partial charge >= 0.3 is 12.1 Å². The predicted octanol–water partition coefficient (Wildman–Crippen LogP) is 3.92. The van der Waals surface area contributed by atoms with Gasteiger partial charge in [-0.3, -0.25) is 4.79 Å². The number of amides is 2. The third-order valence-corrected chi connectivity index (χ3v) is 5.68. The van der Waals surface area contributed by atoms with E-state index in [0.717, 1.165) is 11.1 Å². The highest BCUT2D eigenvalue weighted by atomic mass is 16.5. The van der Waals surface area contributed by atoms with Crippen molar-refractivity contribution in [3.05, 3.63) is 59.7 Å². The van der Waals surface area contributed by atoms with E-state index in [1.165, 1.54) is 11.1 Å². The number of carboxylic acid groups (broad SMARTS) is 1. The van der Waals surface area contributed by atoms with Crippen LogP contribution in [0.25, 0.3) is 11.1 Å². The number of rotatable bonds is 10. The van der Waals surface area contributed by atoms with Gasteiger partial charge in [-0.05, 0) is 34.6 Å². The highest BCUT2D eigenvalue weighted by molar-refractivity contribution is 5.83. The van der Waals surface area contributed by atoms with Gasteiger partial charge in [0, 0.05) is 18.9 Å². The van der Waals surface area contributed by atoms with Crippen molar-refractivity contribution in [1.82, 2.24) is 10.6 Å². The van der Waals surface area contributed by atoms with Crippen LogP contribution in [0.2, 0.25) is 0 Å². The lowest BCUT2D eigenvalue weighted by Crippen LogP contribution is -2.42. The minimum absolute atomic E-state index is 0.0112. The largest absolute Gasteiger partial charge is 0.480 e. The van der Waals surface area contributed by atoms with E-state index in [-0.39, 0.29) is 37.3 Å². The van der Waals surface area contributed by atoms with Crippen molar-refractivity contribution >= 4 is 18.0 Å². The second-order valence-corrected chi connectivity index (χ2v) is 8.26. The molecule has 0 saturated carbocycles. The first kappa shape index (κ1) is 23.3. The van der Waals surface area contributed by atoms with Crippen LogP contribution in [0.15, 0.2) is 48.5 Å². The SMILES string of the molecule is CCC[C@@H](NC(=O)CC(C)CNC(=O)OCC1c2ccccc2-c2ccccc21)C(=O)O. The van der Waals surface area contributed by atoms with Gasteiger partial charge in [-0.15, -0.1) is 0 Å². The molecule has 32 heavy (non-hydrogen) atoms. The van der Waals surface area contributed by atoms with Crippen LogP contribution in [0.5, 0.6) is 0 Å². The van der Waals surface area contributed by atoms with E-state index in [0.29, 0.717) is 12.8 Å². The summed E-state index contributed by atoms with van der Waals surface area (Å²) in [6.45, 7) is 4.17. The molecule has 7 nitrogen and oxygen atoms in total. The molecule has 3 rings (SSSR count). The van der Waals surface area contributed by atoms with Crippen LogP contribution >= 0.6 is 0 Å². The number of ether oxygens (including phenoxy) is 1. The Morgan fingerprint density at radius 3 is 2.19 bits per heavy atom. The number of carboxylic acids is 1. The van der Waals surface area contributed by atoms with Crippen LogP contribution in [0, 0.1) is 5.92 Å². The number of carbonyl (C=O) groups excluding carboxylic acids is 2. The molecule has 3 N–H and O–H groups in total. The van der Waals surface area contributed by atoms with Crippen molar-refractivity contribution in [2.45, 2.75) is 45.1 Å². The van der Waals surface area contributed by atoms with Gasteiger partial charge in [0.2, 0.25) is 5.91 Å². The first-order chi connectivity index (χ1) is 15.4. The minimum Gasteiger partial charge on any atom is -0.480 e. The van der Waals surface area contributed by atoms with Gasteiger partial charge in [-0.25, -0.2) is 9.59 Å². The van der Waals surface area contributed by atoms with Gasteiger partial charge in [-0.2, -0.15) is 0 Å². The summed E-state index contributed by atoms with van der Waals surface area (Å²) in [5.74, 6) is -1.55. The number of fused-ring (bicyclic) bond motifs is 3. The summed E-state index contributed by atoms with van der Waals surface area (Å²) in [5.41, 5.74) is 4.62. The molecule has 0 aliphatic heterocycles. The number of alkyl carbamates (subject to hydrolysis) is 1. The molecule has 2 aromatic carbocycles. The van der Waals surface area contributed by atoms with E-state index in [1.54, 1.807) is 0 Å². The van der Waals surface area contributed by atoms with Crippen LogP contribution in [-0.2, 0) is 14.3 Å². The number of hydrogen-bond acceptors (Lipinski definition) is 4. The summed E-state index contributed by atoms with van der Waals surface area (Å²) in [5, 5.41) is 14.4. The predicted molar refractivity (Wildman–Crippen MR) is 121 cm³/mol. The number of hydrogen-bond donors (Lipinski definition) is 3. The average Bonchev–Trinajstić information content (AvgIpc) is 3.09. The van der Waals surface area contributed by atoms with Gasteiger partial charge < -0.3 is 20.5 Å². The number of benzene rings is 2. The van der Waals surface area contributed by atoms with Crippen molar-refractivity contribution in [2.24, 2.45) is 5.92 Å². The Labute approximate surface area is 188 Å². The number of carbonyl (C=O) groups is 3. The zero-order valence-electron chi connectivity index (χ0n) is 18.5. The molecule has 0 aromatic heterocycles. The molecule has 1 aliphatic rings. The average molecular weight is 439 g/mol. The molecule has 170 valence electrons. The standard InChI is InChI=1S/C25H30N2O5/c1-3-8-22(24(29)30)27-23(28)13-16(2)14-26-25(31)32-15-21-19-11-6-4-9-17(19)18-10-5-7-12-20(18)21/h4-7,9-12,16,21-22H,3,8,13-15H2,1-2H3,(H,26,31)(H,27,28)(H,29,30)/t16?,22-/m1/s1. The summed E-state index contributed by atoms with van der Waals surface area (Å²) < 4.78 is 5.49. The van der Waals surface area contributed by atoms with Crippen LogP contribution in [-0.4, -0.2) is 42.3 Å². The Hall–Kier alpha value is -3.35. The van der Waals surface area contributed by atoms with E-state index in [2.05, 4.69) is 34.9 Å². The van der Waals surface area contributed by atoms with Crippen molar-refractivity contribution < 1.29 is 24.2 Å². The molecule has 7 heteroatoms. The van der Waals surface area contributed by atoms with Crippen molar-refractivity contribution in [3.63, 3.8) is 0 Å². The lowest BCUT2D eigenvalue weighted by Gasteiger charge is -2.17. The van der Waals surface area contributed by atoms with E-state index < -0.39 is 18.1 Å². The molecule has 0 bridgehead atoms. The fourth-order valence-corrected chi connectivity index (χ4v) is 4.09. The first-order valence-corrected chi connectivity index (χ1v) is 11.0. The third-order valence-electron chi connectivity index (χ3n) is 5.68. The lowest BCUT2D eigenvalue weighted by molar-refractivity contribution is -0.142. The van der Waals surface area contributed by atoms with Gasteiger partial charge in [0.25, 0.3) is 0 Å². The maximum absolute atomic E-state index is 12.3. The van der Waals surface area contributed by atoms with E-state index in [9.17, 15) is 14.4 Å². The second-order valence-electron chi connectivity index (χ2n) is 8.26. The highest BCUT2D eigenvalue weighted by Gasteiger charge is 2.29. The summed E-state index contributed by atoms with van der Waals surface area (Å²) >= 11 is 0. The Morgan fingerprint density at radius 1 is 1.03 bits per heavy atom. The summed E-state index contributed by atoms with van der Waals surface area (Å²) in [6.07, 6.45) is 0.634. The first-order valence-electron chi connectivity index (χ1n) is 11.0. The molecule has 0 spiro atoms.